The van der Waals surface area contributed by atoms with Crippen LogP contribution in [0.1, 0.15) is 21.6 Å². The molecule has 0 radical (unpaired) electrons. The topological polar surface area (TPSA) is 71.8 Å². The van der Waals surface area contributed by atoms with Crippen LogP contribution >= 0.6 is 11.6 Å². The Morgan fingerprint density at radius 3 is 2.65 bits per heavy atom. The molecule has 2 rings (SSSR count). The first-order valence-electron chi connectivity index (χ1n) is 5.12. The summed E-state index contributed by atoms with van der Waals surface area (Å²) in [5, 5.41) is 7.46. The fourth-order valence-corrected chi connectivity index (χ4v) is 1.83. The third-order valence-corrected chi connectivity index (χ3v) is 3.11. The summed E-state index contributed by atoms with van der Waals surface area (Å²) in [6.07, 6.45) is 0. The highest BCUT2D eigenvalue weighted by atomic mass is 35.5. The van der Waals surface area contributed by atoms with E-state index in [9.17, 15) is 4.79 Å². The number of H-pyrrole nitrogens is 1. The number of amides is 1. The Hall–Kier alpha value is -1.81. The first-order valence-corrected chi connectivity index (χ1v) is 5.49. The first kappa shape index (κ1) is 11.7. The van der Waals surface area contributed by atoms with Gasteiger partial charge in [0.2, 0.25) is 0 Å². The van der Waals surface area contributed by atoms with Crippen molar-refractivity contribution < 1.29 is 4.79 Å². The number of hydrogen-bond donors (Lipinski definition) is 2. The van der Waals surface area contributed by atoms with Crippen LogP contribution in [0.25, 0.3) is 11.3 Å². The van der Waals surface area contributed by atoms with Gasteiger partial charge in [-0.05, 0) is 31.5 Å². The van der Waals surface area contributed by atoms with Crippen molar-refractivity contribution in [2.24, 2.45) is 5.73 Å². The van der Waals surface area contributed by atoms with Crippen LogP contribution in [0.15, 0.2) is 18.2 Å². The van der Waals surface area contributed by atoms with E-state index in [2.05, 4.69) is 10.2 Å². The van der Waals surface area contributed by atoms with E-state index in [1.165, 1.54) is 0 Å². The second kappa shape index (κ2) is 4.22. The first-order chi connectivity index (χ1) is 8.00. The summed E-state index contributed by atoms with van der Waals surface area (Å²) in [4.78, 5) is 11.1. The molecule has 0 fully saturated rings. The van der Waals surface area contributed by atoms with E-state index in [4.69, 9.17) is 17.3 Å². The molecule has 3 N–H and O–H groups in total. The molecule has 0 unspecified atom stereocenters. The van der Waals surface area contributed by atoms with Crippen molar-refractivity contribution in [3.05, 3.63) is 40.0 Å². The van der Waals surface area contributed by atoms with Gasteiger partial charge < -0.3 is 5.73 Å². The molecule has 0 atom stereocenters. The molecule has 0 aliphatic rings. The number of carbonyl (C=O) groups excluding carboxylic acids is 1. The highest BCUT2D eigenvalue weighted by Crippen LogP contribution is 2.26. The second-order valence-electron chi connectivity index (χ2n) is 3.90. The van der Waals surface area contributed by atoms with Gasteiger partial charge in [0.05, 0.1) is 5.69 Å². The molecular weight excluding hydrogens is 238 g/mol. The maximum atomic E-state index is 11.1. The quantitative estimate of drug-likeness (QED) is 0.858. The smallest absolute Gasteiger partial charge is 0.267 e. The van der Waals surface area contributed by atoms with Crippen LogP contribution in [0.2, 0.25) is 5.02 Å². The molecule has 0 bridgehead atoms. The van der Waals surface area contributed by atoms with Gasteiger partial charge in [-0.15, -0.1) is 0 Å². The Kier molecular flexibility index (Phi) is 2.90. The summed E-state index contributed by atoms with van der Waals surface area (Å²) < 4.78 is 0. The molecule has 5 heteroatoms. The largest absolute Gasteiger partial charge is 0.364 e. The van der Waals surface area contributed by atoms with E-state index in [1.807, 2.05) is 32.0 Å². The molecule has 1 heterocycles. The lowest BCUT2D eigenvalue weighted by Crippen LogP contribution is -2.12. The van der Waals surface area contributed by atoms with E-state index < -0.39 is 5.91 Å². The molecule has 88 valence electrons. The summed E-state index contributed by atoms with van der Waals surface area (Å²) in [6, 6.07) is 5.60. The van der Waals surface area contributed by atoms with Gasteiger partial charge in [-0.2, -0.15) is 5.10 Å². The molecular formula is C12H12ClN3O. The van der Waals surface area contributed by atoms with Crippen LogP contribution in [0.3, 0.4) is 0 Å². The molecule has 17 heavy (non-hydrogen) atoms. The standard InChI is InChI=1S/C12H12ClN3O/c1-6-5-8(3-4-9(6)13)10-7(2)11(12(14)17)16-15-10/h3-5H,1-2H3,(H2,14,17)(H,15,16). The summed E-state index contributed by atoms with van der Waals surface area (Å²) in [6.45, 7) is 3.73. The Morgan fingerprint density at radius 1 is 1.41 bits per heavy atom. The molecule has 0 aliphatic heterocycles. The van der Waals surface area contributed by atoms with E-state index in [1.54, 1.807) is 0 Å². The maximum Gasteiger partial charge on any atom is 0.267 e. The van der Waals surface area contributed by atoms with Gasteiger partial charge in [-0.25, -0.2) is 0 Å². The van der Waals surface area contributed by atoms with Gasteiger partial charge in [-0.1, -0.05) is 17.7 Å². The van der Waals surface area contributed by atoms with Crippen LogP contribution in [-0.2, 0) is 0 Å². The minimum Gasteiger partial charge on any atom is -0.364 e. The predicted molar refractivity (Wildman–Crippen MR) is 67.0 cm³/mol. The average Bonchev–Trinajstić information content (AvgIpc) is 2.64. The number of aryl methyl sites for hydroxylation is 1. The molecule has 1 aromatic heterocycles. The molecule has 0 aliphatic carbocycles. The van der Waals surface area contributed by atoms with E-state index in [0.29, 0.717) is 10.7 Å². The number of aromatic amines is 1. The van der Waals surface area contributed by atoms with Crippen molar-refractivity contribution in [3.8, 4) is 11.3 Å². The van der Waals surface area contributed by atoms with Gasteiger partial charge in [-0.3, -0.25) is 9.89 Å². The van der Waals surface area contributed by atoms with E-state index >= 15 is 0 Å². The maximum absolute atomic E-state index is 11.1. The van der Waals surface area contributed by atoms with Gasteiger partial charge >= 0.3 is 0 Å². The molecule has 1 aromatic carbocycles. The average molecular weight is 250 g/mol. The number of primary amides is 1. The fourth-order valence-electron chi connectivity index (χ4n) is 1.71. The Bertz CT molecular complexity index is 589. The van der Waals surface area contributed by atoms with Crippen molar-refractivity contribution in [1.29, 1.82) is 0 Å². The normalized spacial score (nSPS) is 10.5. The number of carbonyl (C=O) groups is 1. The number of nitrogens with zero attached hydrogens (tertiary/aromatic N) is 1. The third-order valence-electron chi connectivity index (χ3n) is 2.69. The zero-order valence-electron chi connectivity index (χ0n) is 9.54. The lowest BCUT2D eigenvalue weighted by molar-refractivity contribution is 0.0995. The molecule has 0 saturated carbocycles. The number of rotatable bonds is 2. The van der Waals surface area contributed by atoms with Crippen molar-refractivity contribution in [1.82, 2.24) is 10.2 Å². The lowest BCUT2D eigenvalue weighted by atomic mass is 10.0. The number of aromatic nitrogens is 2. The summed E-state index contributed by atoms with van der Waals surface area (Å²) >= 11 is 5.96. The number of nitrogens with one attached hydrogen (secondary N) is 1. The molecule has 0 spiro atoms. The molecule has 4 nitrogen and oxygen atoms in total. The highest BCUT2D eigenvalue weighted by Gasteiger charge is 2.14. The summed E-state index contributed by atoms with van der Waals surface area (Å²) in [7, 11) is 0. The highest BCUT2D eigenvalue weighted by molar-refractivity contribution is 6.31. The molecule has 2 aromatic rings. The summed E-state index contributed by atoms with van der Waals surface area (Å²) in [5.41, 5.74) is 8.91. The number of benzene rings is 1. The zero-order chi connectivity index (χ0) is 12.6. The molecule has 1 amide bonds. The van der Waals surface area contributed by atoms with E-state index in [-0.39, 0.29) is 0 Å². The Balaban J connectivity index is 2.53. The SMILES string of the molecule is Cc1cc(-c2n[nH]c(C(N)=O)c2C)ccc1Cl. The van der Waals surface area contributed by atoms with Gasteiger partial charge in [0.1, 0.15) is 5.69 Å². The van der Waals surface area contributed by atoms with Crippen LogP contribution in [0, 0.1) is 13.8 Å². The monoisotopic (exact) mass is 249 g/mol. The van der Waals surface area contributed by atoms with Crippen molar-refractivity contribution in [2.45, 2.75) is 13.8 Å². The predicted octanol–water partition coefficient (Wildman–Crippen LogP) is 2.45. The summed E-state index contributed by atoms with van der Waals surface area (Å²) in [5.74, 6) is -0.507. The minimum atomic E-state index is -0.507. The van der Waals surface area contributed by atoms with Crippen molar-refractivity contribution in [3.63, 3.8) is 0 Å². The third kappa shape index (κ3) is 2.03. The van der Waals surface area contributed by atoms with Gasteiger partial charge in [0.15, 0.2) is 0 Å². The fraction of sp³-hybridized carbons (Fsp3) is 0.167. The zero-order valence-corrected chi connectivity index (χ0v) is 10.3. The van der Waals surface area contributed by atoms with Crippen molar-refractivity contribution in [2.75, 3.05) is 0 Å². The lowest BCUT2D eigenvalue weighted by Gasteiger charge is -2.02. The second-order valence-corrected chi connectivity index (χ2v) is 4.31. The molecule has 0 saturated heterocycles. The Labute approximate surface area is 104 Å². The van der Waals surface area contributed by atoms with Gasteiger partial charge in [0.25, 0.3) is 5.91 Å². The Morgan fingerprint density at radius 2 is 2.12 bits per heavy atom. The number of halogens is 1. The van der Waals surface area contributed by atoms with Crippen LogP contribution in [-0.4, -0.2) is 16.1 Å². The van der Waals surface area contributed by atoms with Crippen molar-refractivity contribution >= 4 is 17.5 Å². The minimum absolute atomic E-state index is 0.340. The van der Waals surface area contributed by atoms with Crippen LogP contribution < -0.4 is 5.73 Å². The van der Waals surface area contributed by atoms with E-state index in [0.717, 1.165) is 22.4 Å². The van der Waals surface area contributed by atoms with Gasteiger partial charge in [0, 0.05) is 16.1 Å². The number of hydrogen-bond acceptors (Lipinski definition) is 2. The van der Waals surface area contributed by atoms with Crippen LogP contribution in [0.5, 0.6) is 0 Å². The number of nitrogens with two attached hydrogens (primary N) is 1. The van der Waals surface area contributed by atoms with Crippen LogP contribution in [0.4, 0.5) is 0 Å².